The minimum atomic E-state index is -3.83. The van der Waals surface area contributed by atoms with Crippen LogP contribution in [-0.4, -0.2) is 26.4 Å². The molecule has 0 saturated carbocycles. The number of primary sulfonamides is 1. The Labute approximate surface area is 187 Å². The molecule has 0 radical (unpaired) electrons. The lowest BCUT2D eigenvalue weighted by molar-refractivity contribution is -0.384. The molecule has 3 N–H and O–H groups in total. The van der Waals surface area contributed by atoms with Gasteiger partial charge in [-0.3, -0.25) is 14.9 Å². The zero-order valence-corrected chi connectivity index (χ0v) is 17.8. The Balaban J connectivity index is 1.83. The first-order valence-corrected chi connectivity index (χ1v) is 10.7. The number of amides is 1. The van der Waals surface area contributed by atoms with Crippen molar-refractivity contribution in [2.45, 2.75) is 4.90 Å². The molecule has 11 nitrogen and oxygen atoms in total. The molecule has 33 heavy (non-hydrogen) atoms. The number of nitrogens with zero attached hydrogens (tertiary/aromatic N) is 2. The van der Waals surface area contributed by atoms with Crippen molar-refractivity contribution in [2.24, 2.45) is 5.14 Å². The number of nitro benzene ring substituents is 1. The molecule has 3 rings (SSSR count). The quantitative estimate of drug-likeness (QED) is 0.230. The number of anilines is 1. The maximum absolute atomic E-state index is 12.5. The number of hydrogen-bond donors (Lipinski definition) is 2. The van der Waals surface area contributed by atoms with Gasteiger partial charge in [0.2, 0.25) is 10.0 Å². The van der Waals surface area contributed by atoms with Crippen LogP contribution in [0.25, 0.3) is 17.4 Å². The number of carbonyl (C=O) groups excluding carboxylic acids is 1. The van der Waals surface area contributed by atoms with E-state index < -0.39 is 26.5 Å². The average Bonchev–Trinajstić information content (AvgIpc) is 3.25. The maximum Gasteiger partial charge on any atom is 0.296 e. The van der Waals surface area contributed by atoms with Crippen LogP contribution in [0.2, 0.25) is 0 Å². The van der Waals surface area contributed by atoms with Crippen LogP contribution in [0.1, 0.15) is 5.76 Å². The SMILES string of the molecule is COc1ccc(NC(=O)/C(C#N)=C/c2ccc(-c3ccc(S(N)(=O)=O)cc3)o2)c([N+](=O)[O-])c1. The van der Waals surface area contributed by atoms with Crippen molar-refractivity contribution >= 4 is 33.4 Å². The lowest BCUT2D eigenvalue weighted by Gasteiger charge is -2.07. The molecule has 1 heterocycles. The molecule has 0 spiro atoms. The van der Waals surface area contributed by atoms with Gasteiger partial charge in [-0.15, -0.1) is 0 Å². The highest BCUT2D eigenvalue weighted by atomic mass is 32.2. The summed E-state index contributed by atoms with van der Waals surface area (Å²) in [4.78, 5) is 23.1. The van der Waals surface area contributed by atoms with E-state index in [1.807, 2.05) is 0 Å². The fraction of sp³-hybridized carbons (Fsp3) is 0.0476. The molecule has 12 heteroatoms. The molecular weight excluding hydrogens is 452 g/mol. The summed E-state index contributed by atoms with van der Waals surface area (Å²) in [7, 11) is -2.49. The van der Waals surface area contributed by atoms with Crippen LogP contribution in [-0.2, 0) is 14.8 Å². The van der Waals surface area contributed by atoms with Gasteiger partial charge in [0.1, 0.15) is 34.6 Å². The number of benzene rings is 2. The second-order valence-corrected chi connectivity index (χ2v) is 8.10. The summed E-state index contributed by atoms with van der Waals surface area (Å²) < 4.78 is 33.3. The van der Waals surface area contributed by atoms with Crippen LogP contribution in [0.4, 0.5) is 11.4 Å². The van der Waals surface area contributed by atoms with E-state index in [1.165, 1.54) is 55.7 Å². The summed E-state index contributed by atoms with van der Waals surface area (Å²) in [5, 5.41) is 28.1. The third kappa shape index (κ3) is 5.42. The maximum atomic E-state index is 12.5. The highest BCUT2D eigenvalue weighted by molar-refractivity contribution is 7.89. The molecule has 3 aromatic rings. The van der Waals surface area contributed by atoms with Crippen molar-refractivity contribution in [1.29, 1.82) is 5.26 Å². The van der Waals surface area contributed by atoms with Gasteiger partial charge in [-0.05, 0) is 48.5 Å². The van der Waals surface area contributed by atoms with Crippen LogP contribution in [0.15, 0.2) is 69.5 Å². The van der Waals surface area contributed by atoms with Gasteiger partial charge in [0.25, 0.3) is 11.6 Å². The first-order valence-electron chi connectivity index (χ1n) is 9.11. The van der Waals surface area contributed by atoms with Crippen molar-refractivity contribution in [2.75, 3.05) is 12.4 Å². The smallest absolute Gasteiger partial charge is 0.296 e. The largest absolute Gasteiger partial charge is 0.496 e. The molecule has 0 fully saturated rings. The van der Waals surface area contributed by atoms with Gasteiger partial charge in [0.05, 0.1) is 23.0 Å². The number of methoxy groups -OCH3 is 1. The Hall–Kier alpha value is -4.47. The summed E-state index contributed by atoms with van der Waals surface area (Å²) in [5.74, 6) is -0.126. The standard InChI is InChI=1S/C21H16N4O7S/c1-31-15-4-8-18(19(11-15)25(27)28)24-21(26)14(12-22)10-16-5-9-20(32-16)13-2-6-17(7-3-13)33(23,29)30/h2-11H,1H3,(H,24,26)(H2,23,29,30)/b14-10+. The minimum Gasteiger partial charge on any atom is -0.496 e. The van der Waals surface area contributed by atoms with Gasteiger partial charge in [0, 0.05) is 11.6 Å². The molecule has 0 bridgehead atoms. The first kappa shape index (κ1) is 23.2. The topological polar surface area (TPSA) is 179 Å². The van der Waals surface area contributed by atoms with Crippen molar-refractivity contribution < 1.29 is 27.3 Å². The van der Waals surface area contributed by atoms with E-state index in [0.717, 1.165) is 6.07 Å². The number of ether oxygens (including phenoxy) is 1. The number of carbonyl (C=O) groups is 1. The molecule has 168 valence electrons. The molecule has 0 saturated heterocycles. The van der Waals surface area contributed by atoms with E-state index in [4.69, 9.17) is 14.3 Å². The Kier molecular flexibility index (Phi) is 6.57. The van der Waals surface area contributed by atoms with Crippen molar-refractivity contribution in [1.82, 2.24) is 0 Å². The van der Waals surface area contributed by atoms with Gasteiger partial charge < -0.3 is 14.5 Å². The van der Waals surface area contributed by atoms with E-state index in [0.29, 0.717) is 11.3 Å². The van der Waals surface area contributed by atoms with Crippen molar-refractivity contribution in [3.63, 3.8) is 0 Å². The second-order valence-electron chi connectivity index (χ2n) is 6.54. The number of hydrogen-bond acceptors (Lipinski definition) is 8. The van der Waals surface area contributed by atoms with E-state index in [9.17, 15) is 28.6 Å². The van der Waals surface area contributed by atoms with Crippen LogP contribution < -0.4 is 15.2 Å². The molecule has 2 aromatic carbocycles. The number of nitrogens with one attached hydrogen (secondary N) is 1. The molecule has 1 amide bonds. The minimum absolute atomic E-state index is 0.0611. The zero-order chi connectivity index (χ0) is 24.2. The predicted molar refractivity (Wildman–Crippen MR) is 117 cm³/mol. The van der Waals surface area contributed by atoms with E-state index in [2.05, 4.69) is 5.32 Å². The molecular formula is C21H16N4O7S. The molecule has 1 aromatic heterocycles. The summed E-state index contributed by atoms with van der Waals surface area (Å²) in [6.07, 6.45) is 1.17. The Morgan fingerprint density at radius 1 is 1.21 bits per heavy atom. The number of nitrogens with two attached hydrogens (primary N) is 1. The lowest BCUT2D eigenvalue weighted by atomic mass is 10.2. The van der Waals surface area contributed by atoms with Crippen LogP contribution in [0.5, 0.6) is 5.75 Å². The predicted octanol–water partition coefficient (Wildman–Crippen LogP) is 3.06. The first-order chi connectivity index (χ1) is 15.6. The molecule has 0 aliphatic heterocycles. The van der Waals surface area contributed by atoms with Gasteiger partial charge in [-0.2, -0.15) is 5.26 Å². The third-order valence-electron chi connectivity index (χ3n) is 4.40. The molecule has 0 aliphatic rings. The van der Waals surface area contributed by atoms with E-state index in [-0.39, 0.29) is 27.7 Å². The van der Waals surface area contributed by atoms with Gasteiger partial charge in [-0.1, -0.05) is 0 Å². The third-order valence-corrected chi connectivity index (χ3v) is 5.32. The average molecular weight is 468 g/mol. The van der Waals surface area contributed by atoms with Gasteiger partial charge in [0.15, 0.2) is 0 Å². The zero-order valence-electron chi connectivity index (χ0n) is 17.0. The summed E-state index contributed by atoms with van der Waals surface area (Å²) in [6.45, 7) is 0. The fourth-order valence-corrected chi connectivity index (χ4v) is 3.29. The number of nitriles is 1. The Morgan fingerprint density at radius 2 is 1.91 bits per heavy atom. The molecule has 0 unspecified atom stereocenters. The van der Waals surface area contributed by atoms with Crippen LogP contribution >= 0.6 is 0 Å². The Bertz CT molecular complexity index is 1400. The van der Waals surface area contributed by atoms with Crippen LogP contribution in [0, 0.1) is 21.4 Å². The molecule has 0 aliphatic carbocycles. The van der Waals surface area contributed by atoms with Crippen molar-refractivity contribution in [3.05, 3.63) is 76.0 Å². The molecule has 0 atom stereocenters. The number of nitro groups is 1. The highest BCUT2D eigenvalue weighted by Gasteiger charge is 2.19. The normalized spacial score (nSPS) is 11.5. The number of furan rings is 1. The fourth-order valence-electron chi connectivity index (χ4n) is 2.77. The van der Waals surface area contributed by atoms with Gasteiger partial charge in [-0.25, -0.2) is 13.6 Å². The number of sulfonamides is 1. The summed E-state index contributed by atoms with van der Waals surface area (Å²) in [5.41, 5.74) is -0.324. The monoisotopic (exact) mass is 468 g/mol. The summed E-state index contributed by atoms with van der Waals surface area (Å²) in [6, 6.07) is 14.3. The van der Waals surface area contributed by atoms with Crippen LogP contribution in [0.3, 0.4) is 0 Å². The summed E-state index contributed by atoms with van der Waals surface area (Å²) >= 11 is 0. The van der Waals surface area contributed by atoms with Gasteiger partial charge >= 0.3 is 0 Å². The van der Waals surface area contributed by atoms with E-state index >= 15 is 0 Å². The number of rotatable bonds is 7. The Morgan fingerprint density at radius 3 is 2.48 bits per heavy atom. The lowest BCUT2D eigenvalue weighted by Crippen LogP contribution is -2.14. The highest BCUT2D eigenvalue weighted by Crippen LogP contribution is 2.30. The second kappa shape index (κ2) is 9.35. The van der Waals surface area contributed by atoms with E-state index in [1.54, 1.807) is 12.1 Å². The van der Waals surface area contributed by atoms with Crippen molar-refractivity contribution in [3.8, 4) is 23.1 Å².